The van der Waals surface area contributed by atoms with Crippen LogP contribution >= 0.6 is 0 Å². The highest BCUT2D eigenvalue weighted by molar-refractivity contribution is 6.11. The lowest BCUT2D eigenvalue weighted by Gasteiger charge is -2.28. The minimum atomic E-state index is -1.16. The van der Waals surface area contributed by atoms with E-state index in [0.717, 1.165) is 22.3 Å². The first kappa shape index (κ1) is 11.9. The summed E-state index contributed by atoms with van der Waals surface area (Å²) in [4.78, 5) is 24.4. The number of hydrogen-bond donors (Lipinski definition) is 2. The fourth-order valence-electron chi connectivity index (χ4n) is 3.13. The average Bonchev–Trinajstić information content (AvgIpc) is 2.72. The number of carbonyl (C=O) groups is 2. The molecule has 1 aliphatic carbocycles. The third kappa shape index (κ3) is 1.50. The van der Waals surface area contributed by atoms with Crippen molar-refractivity contribution < 1.29 is 9.59 Å². The van der Waals surface area contributed by atoms with Gasteiger partial charge in [0.25, 0.3) is 5.91 Å². The summed E-state index contributed by atoms with van der Waals surface area (Å²) in [5, 5.41) is 5.20. The lowest BCUT2D eigenvalue weighted by molar-refractivity contribution is -0.122. The SMILES string of the molecule is O=C1NC(=O)C2(N1)c1ccccc1C=Cc1ccccc12. The van der Waals surface area contributed by atoms with Crippen LogP contribution in [0.1, 0.15) is 22.3 Å². The number of imide groups is 1. The molecule has 102 valence electrons. The van der Waals surface area contributed by atoms with Crippen molar-refractivity contribution in [3.05, 3.63) is 70.8 Å². The normalized spacial score (nSPS) is 17.7. The highest BCUT2D eigenvalue weighted by Gasteiger charge is 2.51. The van der Waals surface area contributed by atoms with Crippen LogP contribution in [0.3, 0.4) is 0 Å². The van der Waals surface area contributed by atoms with E-state index in [2.05, 4.69) is 10.6 Å². The number of benzene rings is 2. The van der Waals surface area contributed by atoms with Crippen molar-refractivity contribution in [3.8, 4) is 0 Å². The van der Waals surface area contributed by atoms with Crippen LogP contribution in [0.4, 0.5) is 4.79 Å². The molecule has 2 aliphatic rings. The molecule has 0 radical (unpaired) electrons. The van der Waals surface area contributed by atoms with Gasteiger partial charge in [-0.1, -0.05) is 60.7 Å². The summed E-state index contributed by atoms with van der Waals surface area (Å²) < 4.78 is 0. The Kier molecular flexibility index (Phi) is 2.30. The van der Waals surface area contributed by atoms with Gasteiger partial charge in [-0.25, -0.2) is 4.79 Å². The van der Waals surface area contributed by atoms with Crippen molar-refractivity contribution in [2.75, 3.05) is 0 Å². The highest BCUT2D eigenvalue weighted by Crippen LogP contribution is 2.39. The van der Waals surface area contributed by atoms with Crippen molar-refractivity contribution in [1.82, 2.24) is 10.6 Å². The van der Waals surface area contributed by atoms with Crippen molar-refractivity contribution >= 4 is 24.1 Å². The Bertz CT molecular complexity index is 758. The molecule has 0 atom stereocenters. The molecular formula is C17H12N2O2. The Balaban J connectivity index is 2.12. The molecule has 1 heterocycles. The topological polar surface area (TPSA) is 58.2 Å². The van der Waals surface area contributed by atoms with Gasteiger partial charge in [0.05, 0.1) is 0 Å². The smallest absolute Gasteiger partial charge is 0.316 e. The number of nitrogens with one attached hydrogen (secondary N) is 2. The number of carbonyl (C=O) groups excluding carboxylic acids is 2. The predicted octanol–water partition coefficient (Wildman–Crippen LogP) is 2.25. The Hall–Kier alpha value is -2.88. The minimum absolute atomic E-state index is 0.337. The van der Waals surface area contributed by atoms with Gasteiger partial charge in [0.15, 0.2) is 5.54 Å². The largest absolute Gasteiger partial charge is 0.322 e. The maximum Gasteiger partial charge on any atom is 0.322 e. The number of urea groups is 1. The molecule has 4 nitrogen and oxygen atoms in total. The number of hydrogen-bond acceptors (Lipinski definition) is 2. The monoisotopic (exact) mass is 276 g/mol. The van der Waals surface area contributed by atoms with Crippen LogP contribution in [0.15, 0.2) is 48.5 Å². The molecule has 0 aromatic heterocycles. The van der Waals surface area contributed by atoms with Gasteiger partial charge < -0.3 is 5.32 Å². The molecule has 2 N–H and O–H groups in total. The fraction of sp³-hybridized carbons (Fsp3) is 0.0588. The third-order valence-corrected chi connectivity index (χ3v) is 4.04. The number of amides is 3. The van der Waals surface area contributed by atoms with Gasteiger partial charge in [-0.3, -0.25) is 10.1 Å². The molecule has 0 bridgehead atoms. The first-order valence-corrected chi connectivity index (χ1v) is 6.72. The van der Waals surface area contributed by atoms with Gasteiger partial charge in [-0.2, -0.15) is 0 Å². The Labute approximate surface area is 121 Å². The number of rotatable bonds is 0. The van der Waals surface area contributed by atoms with E-state index in [0.29, 0.717) is 0 Å². The number of fused-ring (bicyclic) bond motifs is 4. The van der Waals surface area contributed by atoms with Crippen LogP contribution in [0.25, 0.3) is 12.2 Å². The quantitative estimate of drug-likeness (QED) is 0.725. The maximum atomic E-state index is 12.6. The van der Waals surface area contributed by atoms with E-state index in [1.165, 1.54) is 0 Å². The molecule has 1 spiro atoms. The molecule has 21 heavy (non-hydrogen) atoms. The average molecular weight is 276 g/mol. The fourth-order valence-corrected chi connectivity index (χ4v) is 3.13. The zero-order chi connectivity index (χ0) is 14.4. The molecule has 1 saturated heterocycles. The summed E-state index contributed by atoms with van der Waals surface area (Å²) in [5.41, 5.74) is 2.26. The molecule has 0 unspecified atom stereocenters. The highest BCUT2D eigenvalue weighted by atomic mass is 16.2. The molecule has 3 amide bonds. The molecule has 2 aromatic carbocycles. The first-order valence-electron chi connectivity index (χ1n) is 6.72. The lowest BCUT2D eigenvalue weighted by atomic mass is 9.80. The zero-order valence-electron chi connectivity index (χ0n) is 11.1. The van der Waals surface area contributed by atoms with Crippen molar-refractivity contribution in [2.45, 2.75) is 5.54 Å². The van der Waals surface area contributed by atoms with Gasteiger partial charge in [0.2, 0.25) is 0 Å². The van der Waals surface area contributed by atoms with Gasteiger partial charge in [-0.15, -0.1) is 0 Å². The lowest BCUT2D eigenvalue weighted by Crippen LogP contribution is -2.45. The predicted molar refractivity (Wildman–Crippen MR) is 79.3 cm³/mol. The molecule has 0 saturated carbocycles. The Morgan fingerprint density at radius 1 is 0.762 bits per heavy atom. The molecule has 1 fully saturated rings. The van der Waals surface area contributed by atoms with Crippen LogP contribution in [0, 0.1) is 0 Å². The van der Waals surface area contributed by atoms with E-state index in [4.69, 9.17) is 0 Å². The standard InChI is InChI=1S/C17H12N2O2/c20-15-17(19-16(21)18-15)13-7-3-1-5-11(13)9-10-12-6-2-4-8-14(12)17/h1-10H,(H2,18,19,20,21). The van der Waals surface area contributed by atoms with E-state index in [1.807, 2.05) is 60.7 Å². The van der Waals surface area contributed by atoms with Crippen molar-refractivity contribution in [1.29, 1.82) is 0 Å². The van der Waals surface area contributed by atoms with Gasteiger partial charge in [0, 0.05) is 0 Å². The van der Waals surface area contributed by atoms with Gasteiger partial charge >= 0.3 is 6.03 Å². The summed E-state index contributed by atoms with van der Waals surface area (Å²) in [6, 6.07) is 14.8. The molecule has 4 rings (SSSR count). The summed E-state index contributed by atoms with van der Waals surface area (Å²) in [7, 11) is 0. The van der Waals surface area contributed by atoms with Crippen molar-refractivity contribution in [2.24, 2.45) is 0 Å². The third-order valence-electron chi connectivity index (χ3n) is 4.04. The second-order valence-corrected chi connectivity index (χ2v) is 5.17. The van der Waals surface area contributed by atoms with Crippen LogP contribution in [-0.2, 0) is 10.3 Å². The molecule has 1 aliphatic heterocycles. The van der Waals surface area contributed by atoms with E-state index >= 15 is 0 Å². The Morgan fingerprint density at radius 2 is 1.29 bits per heavy atom. The zero-order valence-corrected chi connectivity index (χ0v) is 11.1. The molecular weight excluding hydrogens is 264 g/mol. The summed E-state index contributed by atoms with van der Waals surface area (Å²) >= 11 is 0. The van der Waals surface area contributed by atoms with Crippen molar-refractivity contribution in [3.63, 3.8) is 0 Å². The second-order valence-electron chi connectivity index (χ2n) is 5.17. The second kappa shape index (κ2) is 4.06. The molecule has 2 aromatic rings. The van der Waals surface area contributed by atoms with E-state index in [-0.39, 0.29) is 5.91 Å². The van der Waals surface area contributed by atoms with Crippen LogP contribution < -0.4 is 10.6 Å². The van der Waals surface area contributed by atoms with Crippen LogP contribution in [0.5, 0.6) is 0 Å². The van der Waals surface area contributed by atoms with Crippen LogP contribution in [0.2, 0.25) is 0 Å². The van der Waals surface area contributed by atoms with E-state index < -0.39 is 11.6 Å². The van der Waals surface area contributed by atoms with E-state index in [1.54, 1.807) is 0 Å². The minimum Gasteiger partial charge on any atom is -0.316 e. The summed E-state index contributed by atoms with van der Waals surface area (Å²) in [5.74, 6) is -0.337. The first-order chi connectivity index (χ1) is 10.2. The molecule has 4 heteroatoms. The van der Waals surface area contributed by atoms with Gasteiger partial charge in [-0.05, 0) is 22.3 Å². The van der Waals surface area contributed by atoms with E-state index in [9.17, 15) is 9.59 Å². The van der Waals surface area contributed by atoms with Gasteiger partial charge in [0.1, 0.15) is 0 Å². The Morgan fingerprint density at radius 3 is 1.76 bits per heavy atom. The van der Waals surface area contributed by atoms with Crippen LogP contribution in [-0.4, -0.2) is 11.9 Å². The summed E-state index contributed by atoms with van der Waals surface area (Å²) in [6.45, 7) is 0. The summed E-state index contributed by atoms with van der Waals surface area (Å²) in [6.07, 6.45) is 3.95. The maximum absolute atomic E-state index is 12.6.